The Bertz CT molecular complexity index is 232. The molecule has 74 valence electrons. The summed E-state index contributed by atoms with van der Waals surface area (Å²) in [5.74, 6) is -0.168. The first-order chi connectivity index (χ1) is 5.91. The maximum absolute atomic E-state index is 11.1. The first-order valence-electron chi connectivity index (χ1n) is 4.14. The topological polar surface area (TPSA) is 49.7 Å². The van der Waals surface area contributed by atoms with Crippen LogP contribution in [0.3, 0.4) is 0 Å². The molecule has 0 N–H and O–H groups in total. The van der Waals surface area contributed by atoms with Crippen molar-refractivity contribution in [3.63, 3.8) is 0 Å². The lowest BCUT2D eigenvalue weighted by Crippen LogP contribution is -2.12. The third kappa shape index (κ3) is 7.18. The lowest BCUT2D eigenvalue weighted by atomic mass is 10.1. The minimum Gasteiger partial charge on any atom is -0.303 e. The highest BCUT2D eigenvalue weighted by atomic mass is 16.1. The maximum Gasteiger partial charge on any atom is 0.145 e. The molecule has 4 heteroatoms. The van der Waals surface area contributed by atoms with Crippen LogP contribution in [-0.4, -0.2) is 36.4 Å². The predicted molar refractivity (Wildman–Crippen MR) is 51.7 cm³/mol. The average Bonchev–Trinajstić information content (AvgIpc) is 1.80. The van der Waals surface area contributed by atoms with Gasteiger partial charge in [-0.2, -0.15) is 5.10 Å². The fourth-order valence-corrected chi connectivity index (χ4v) is 1.00. The molecule has 0 rings (SSSR count). The van der Waals surface area contributed by atoms with Crippen LogP contribution in [-0.2, 0) is 9.59 Å². The van der Waals surface area contributed by atoms with E-state index in [0.717, 1.165) is 5.71 Å². The molecule has 0 amide bonds. The van der Waals surface area contributed by atoms with E-state index in [1.54, 1.807) is 26.0 Å². The fraction of sp³-hybridized carbons (Fsp3) is 0.667. The van der Waals surface area contributed by atoms with Crippen LogP contribution >= 0.6 is 0 Å². The van der Waals surface area contributed by atoms with Crippen LogP contribution in [0.1, 0.15) is 26.7 Å². The Morgan fingerprint density at radius 2 is 1.69 bits per heavy atom. The Morgan fingerprint density at radius 3 is 2.08 bits per heavy atom. The molecular weight excluding hydrogens is 168 g/mol. The minimum absolute atomic E-state index is 0.0142. The van der Waals surface area contributed by atoms with Crippen LogP contribution in [0, 0.1) is 0 Å². The van der Waals surface area contributed by atoms with Crippen molar-refractivity contribution in [2.24, 2.45) is 5.10 Å². The van der Waals surface area contributed by atoms with Crippen molar-refractivity contribution in [1.29, 1.82) is 0 Å². The molecule has 0 spiro atoms. The summed E-state index contributed by atoms with van der Waals surface area (Å²) >= 11 is 0. The van der Waals surface area contributed by atoms with Crippen molar-refractivity contribution < 1.29 is 9.59 Å². The Hall–Kier alpha value is -1.19. The lowest BCUT2D eigenvalue weighted by molar-refractivity contribution is -0.125. The Labute approximate surface area is 78.6 Å². The second kappa shape index (κ2) is 5.45. The van der Waals surface area contributed by atoms with Gasteiger partial charge in [0.25, 0.3) is 0 Å². The molecule has 0 saturated heterocycles. The highest BCUT2D eigenvalue weighted by Crippen LogP contribution is 1.95. The maximum atomic E-state index is 11.1. The van der Waals surface area contributed by atoms with E-state index in [4.69, 9.17) is 0 Å². The molecule has 0 unspecified atom stereocenters. The summed E-state index contributed by atoms with van der Waals surface area (Å²) in [5, 5.41) is 5.68. The molecule has 0 aliphatic carbocycles. The molecule has 0 aliphatic heterocycles. The highest BCUT2D eigenvalue weighted by molar-refractivity contribution is 6.07. The van der Waals surface area contributed by atoms with Gasteiger partial charge in [0, 0.05) is 26.2 Å². The molecule has 0 atom stereocenters. The van der Waals surface area contributed by atoms with Crippen molar-refractivity contribution in [1.82, 2.24) is 5.01 Å². The number of carbonyl (C=O) groups excluding carboxylic acids is 2. The summed E-state index contributed by atoms with van der Waals surface area (Å²) in [7, 11) is 3.58. The first kappa shape index (κ1) is 11.8. The van der Waals surface area contributed by atoms with Crippen LogP contribution in [0.2, 0.25) is 0 Å². The van der Waals surface area contributed by atoms with Gasteiger partial charge in [0.15, 0.2) is 0 Å². The third-order valence-electron chi connectivity index (χ3n) is 1.27. The van der Waals surface area contributed by atoms with Gasteiger partial charge in [0.2, 0.25) is 0 Å². The summed E-state index contributed by atoms with van der Waals surface area (Å²) in [5.41, 5.74) is 0.733. The van der Waals surface area contributed by atoms with Gasteiger partial charge in [-0.15, -0.1) is 0 Å². The van der Waals surface area contributed by atoms with E-state index in [0.29, 0.717) is 0 Å². The third-order valence-corrected chi connectivity index (χ3v) is 1.27. The second-order valence-electron chi connectivity index (χ2n) is 3.28. The smallest absolute Gasteiger partial charge is 0.145 e. The molecule has 0 aromatic heterocycles. The standard InChI is InChI=1S/C9H16N2O2/c1-7(10-11(3)4)5-9(13)6-8(2)12/h5-6H2,1-4H3/b10-7+. The van der Waals surface area contributed by atoms with Gasteiger partial charge < -0.3 is 5.01 Å². The number of nitrogens with zero attached hydrogens (tertiary/aromatic N) is 2. The summed E-state index contributed by atoms with van der Waals surface area (Å²) < 4.78 is 0. The quantitative estimate of drug-likeness (QED) is 0.362. The van der Waals surface area contributed by atoms with Gasteiger partial charge in [-0.3, -0.25) is 9.59 Å². The zero-order valence-electron chi connectivity index (χ0n) is 8.63. The number of hydrazone groups is 1. The lowest BCUT2D eigenvalue weighted by Gasteiger charge is -2.06. The van der Waals surface area contributed by atoms with E-state index in [-0.39, 0.29) is 24.4 Å². The largest absolute Gasteiger partial charge is 0.303 e. The molecule has 0 heterocycles. The van der Waals surface area contributed by atoms with Gasteiger partial charge in [-0.25, -0.2) is 0 Å². The molecule has 4 nitrogen and oxygen atoms in total. The summed E-state index contributed by atoms with van der Waals surface area (Å²) in [6, 6.07) is 0. The highest BCUT2D eigenvalue weighted by Gasteiger charge is 2.06. The van der Waals surface area contributed by atoms with Crippen molar-refractivity contribution >= 4 is 17.3 Å². The minimum atomic E-state index is -0.0948. The number of ketones is 2. The van der Waals surface area contributed by atoms with E-state index < -0.39 is 0 Å². The van der Waals surface area contributed by atoms with E-state index in [9.17, 15) is 9.59 Å². The number of carbonyl (C=O) groups is 2. The number of Topliss-reactive ketones (excluding diaryl/α,β-unsaturated/α-hetero) is 2. The monoisotopic (exact) mass is 184 g/mol. The number of rotatable bonds is 5. The first-order valence-corrected chi connectivity index (χ1v) is 4.14. The van der Waals surface area contributed by atoms with Crippen LogP contribution in [0.25, 0.3) is 0 Å². The zero-order chi connectivity index (χ0) is 10.4. The fourth-order valence-electron chi connectivity index (χ4n) is 1.00. The van der Waals surface area contributed by atoms with Gasteiger partial charge in [0.05, 0.1) is 6.42 Å². The number of hydrogen-bond donors (Lipinski definition) is 0. The van der Waals surface area contributed by atoms with Crippen LogP contribution in [0.15, 0.2) is 5.10 Å². The van der Waals surface area contributed by atoms with Crippen LogP contribution in [0.5, 0.6) is 0 Å². The Balaban J connectivity index is 3.99. The number of hydrogen-bond acceptors (Lipinski definition) is 4. The summed E-state index contributed by atoms with van der Waals surface area (Å²) in [4.78, 5) is 21.7. The summed E-state index contributed by atoms with van der Waals surface area (Å²) in [6.45, 7) is 3.19. The summed E-state index contributed by atoms with van der Waals surface area (Å²) in [6.07, 6.45) is 0.276. The van der Waals surface area contributed by atoms with Gasteiger partial charge >= 0.3 is 0 Å². The zero-order valence-corrected chi connectivity index (χ0v) is 8.63. The van der Waals surface area contributed by atoms with Crippen molar-refractivity contribution in [3.8, 4) is 0 Å². The normalized spacial score (nSPS) is 11.2. The average molecular weight is 184 g/mol. The molecule has 0 radical (unpaired) electrons. The van der Waals surface area contributed by atoms with Crippen LogP contribution < -0.4 is 0 Å². The molecule has 13 heavy (non-hydrogen) atoms. The van der Waals surface area contributed by atoms with E-state index in [1.807, 2.05) is 0 Å². The van der Waals surface area contributed by atoms with E-state index >= 15 is 0 Å². The molecule has 0 saturated carbocycles. The molecule has 0 bridgehead atoms. The van der Waals surface area contributed by atoms with Crippen molar-refractivity contribution in [2.75, 3.05) is 14.1 Å². The molecule has 0 aromatic carbocycles. The second-order valence-corrected chi connectivity index (χ2v) is 3.28. The van der Waals surface area contributed by atoms with E-state index in [2.05, 4.69) is 5.10 Å². The molecule has 0 aliphatic rings. The Kier molecular flexibility index (Phi) is 4.96. The van der Waals surface area contributed by atoms with Crippen molar-refractivity contribution in [2.45, 2.75) is 26.7 Å². The van der Waals surface area contributed by atoms with Gasteiger partial charge in [-0.1, -0.05) is 0 Å². The predicted octanol–water partition coefficient (Wildman–Crippen LogP) is 0.862. The van der Waals surface area contributed by atoms with Gasteiger partial charge in [-0.05, 0) is 13.8 Å². The van der Waals surface area contributed by atoms with Gasteiger partial charge in [0.1, 0.15) is 11.6 Å². The molecule has 0 fully saturated rings. The van der Waals surface area contributed by atoms with Crippen LogP contribution in [0.4, 0.5) is 0 Å². The Morgan fingerprint density at radius 1 is 1.15 bits per heavy atom. The molecule has 0 aromatic rings. The SMILES string of the molecule is CC(=O)CC(=O)C/C(C)=N/N(C)C. The van der Waals surface area contributed by atoms with Crippen molar-refractivity contribution in [3.05, 3.63) is 0 Å². The molecular formula is C9H16N2O2. The van der Waals surface area contributed by atoms with E-state index in [1.165, 1.54) is 6.92 Å².